The van der Waals surface area contributed by atoms with Gasteiger partial charge in [0.1, 0.15) is 0 Å². The van der Waals surface area contributed by atoms with Gasteiger partial charge in [-0.3, -0.25) is 0 Å². The van der Waals surface area contributed by atoms with Crippen LogP contribution in [0.3, 0.4) is 0 Å². The maximum absolute atomic E-state index is 12.8. The van der Waals surface area contributed by atoms with Crippen LogP contribution < -0.4 is 4.74 Å². The molecule has 2 nitrogen and oxygen atoms in total. The van der Waals surface area contributed by atoms with Crippen molar-refractivity contribution in [1.82, 2.24) is 4.98 Å². The van der Waals surface area contributed by atoms with Crippen molar-refractivity contribution in [2.45, 2.75) is 13.8 Å². The highest BCUT2D eigenvalue weighted by Crippen LogP contribution is 2.16. The van der Waals surface area contributed by atoms with Gasteiger partial charge in [-0.1, -0.05) is 25.4 Å². The van der Waals surface area contributed by atoms with Crippen LogP contribution in [0.1, 0.15) is 13.8 Å². The van der Waals surface area contributed by atoms with Crippen molar-refractivity contribution in [2.24, 2.45) is 5.92 Å². The van der Waals surface area contributed by atoms with Gasteiger partial charge >= 0.3 is 0 Å². The van der Waals surface area contributed by atoms with Gasteiger partial charge in [-0.2, -0.15) is 9.37 Å². The SMILES string of the molecule is CC(C)COc1ccc(Cl)c(F)n1. The predicted molar refractivity (Wildman–Crippen MR) is 49.5 cm³/mol. The Labute approximate surface area is 81.7 Å². The second-order valence-corrected chi connectivity index (χ2v) is 3.53. The number of hydrogen-bond donors (Lipinski definition) is 0. The van der Waals surface area contributed by atoms with Crippen molar-refractivity contribution in [2.75, 3.05) is 6.61 Å². The third-order valence-electron chi connectivity index (χ3n) is 1.34. The third-order valence-corrected chi connectivity index (χ3v) is 1.62. The summed E-state index contributed by atoms with van der Waals surface area (Å²) >= 11 is 5.45. The first-order valence-electron chi connectivity index (χ1n) is 4.04. The third kappa shape index (κ3) is 3.19. The van der Waals surface area contributed by atoms with Crippen molar-refractivity contribution in [1.29, 1.82) is 0 Å². The Hall–Kier alpha value is -0.830. The number of ether oxygens (including phenoxy) is 1. The fourth-order valence-electron chi connectivity index (χ4n) is 0.733. The number of rotatable bonds is 3. The van der Waals surface area contributed by atoms with Gasteiger partial charge in [0, 0.05) is 6.07 Å². The van der Waals surface area contributed by atoms with Crippen LogP contribution in [0.15, 0.2) is 12.1 Å². The highest BCUT2D eigenvalue weighted by Gasteiger charge is 2.03. The summed E-state index contributed by atoms with van der Waals surface area (Å²) in [6.07, 6.45) is 0. The molecule has 0 amide bonds. The molecule has 1 rings (SSSR count). The van der Waals surface area contributed by atoms with Crippen LogP contribution in [0.5, 0.6) is 5.88 Å². The summed E-state index contributed by atoms with van der Waals surface area (Å²) in [6, 6.07) is 2.98. The summed E-state index contributed by atoms with van der Waals surface area (Å²) in [5.41, 5.74) is 0. The molecule has 0 saturated carbocycles. The minimum Gasteiger partial charge on any atom is -0.477 e. The molecule has 0 unspecified atom stereocenters. The zero-order valence-corrected chi connectivity index (χ0v) is 8.31. The lowest BCUT2D eigenvalue weighted by Crippen LogP contribution is -2.06. The quantitative estimate of drug-likeness (QED) is 0.705. The lowest BCUT2D eigenvalue weighted by molar-refractivity contribution is 0.258. The molecule has 0 N–H and O–H groups in total. The Morgan fingerprint density at radius 2 is 2.23 bits per heavy atom. The second kappa shape index (κ2) is 4.42. The Kier molecular flexibility index (Phi) is 3.48. The van der Waals surface area contributed by atoms with Crippen LogP contribution in [0.4, 0.5) is 4.39 Å². The van der Waals surface area contributed by atoms with Gasteiger partial charge in [0.2, 0.25) is 11.8 Å². The molecule has 0 radical (unpaired) electrons. The van der Waals surface area contributed by atoms with Crippen LogP contribution in [0, 0.1) is 11.9 Å². The van der Waals surface area contributed by atoms with E-state index in [1.807, 2.05) is 13.8 Å². The Morgan fingerprint density at radius 1 is 1.54 bits per heavy atom. The number of pyridine rings is 1. The average molecular weight is 204 g/mol. The van der Waals surface area contributed by atoms with Crippen molar-refractivity contribution < 1.29 is 9.13 Å². The summed E-state index contributed by atoms with van der Waals surface area (Å²) in [6.45, 7) is 4.53. The summed E-state index contributed by atoms with van der Waals surface area (Å²) in [5.74, 6) is -0.0286. The predicted octanol–water partition coefficient (Wildman–Crippen LogP) is 2.91. The molecule has 4 heteroatoms. The standard InChI is InChI=1S/C9H11ClFNO/c1-6(2)5-13-8-4-3-7(10)9(11)12-8/h3-4,6H,5H2,1-2H3. The molecule has 1 heterocycles. The van der Waals surface area contributed by atoms with Crippen LogP contribution in [0.2, 0.25) is 5.02 Å². The lowest BCUT2D eigenvalue weighted by Gasteiger charge is -2.07. The molecule has 72 valence electrons. The van der Waals surface area contributed by atoms with Gasteiger partial charge in [0.15, 0.2) is 0 Å². The van der Waals surface area contributed by atoms with E-state index in [4.69, 9.17) is 16.3 Å². The lowest BCUT2D eigenvalue weighted by atomic mass is 10.2. The van der Waals surface area contributed by atoms with Gasteiger partial charge < -0.3 is 4.74 Å². The van der Waals surface area contributed by atoms with E-state index in [9.17, 15) is 4.39 Å². The highest BCUT2D eigenvalue weighted by molar-refractivity contribution is 6.30. The van der Waals surface area contributed by atoms with E-state index in [1.165, 1.54) is 6.07 Å². The van der Waals surface area contributed by atoms with Crippen LogP contribution in [-0.4, -0.2) is 11.6 Å². The molecular weight excluding hydrogens is 193 g/mol. The average Bonchev–Trinajstić information content (AvgIpc) is 2.07. The smallest absolute Gasteiger partial charge is 0.234 e. The Morgan fingerprint density at radius 3 is 2.77 bits per heavy atom. The number of nitrogens with zero attached hydrogens (tertiary/aromatic N) is 1. The summed E-state index contributed by atoms with van der Waals surface area (Å²) < 4.78 is 18.0. The fourth-order valence-corrected chi connectivity index (χ4v) is 0.838. The van der Waals surface area contributed by atoms with Crippen LogP contribution in [-0.2, 0) is 0 Å². The fraction of sp³-hybridized carbons (Fsp3) is 0.444. The van der Waals surface area contributed by atoms with E-state index in [2.05, 4.69) is 4.98 Å². The maximum atomic E-state index is 12.8. The first-order chi connectivity index (χ1) is 6.09. The zero-order valence-electron chi connectivity index (χ0n) is 7.55. The van der Waals surface area contributed by atoms with E-state index in [1.54, 1.807) is 6.07 Å². The molecule has 0 aliphatic heterocycles. The largest absolute Gasteiger partial charge is 0.477 e. The molecule has 0 atom stereocenters. The summed E-state index contributed by atoms with van der Waals surface area (Å²) in [4.78, 5) is 3.52. The molecule has 0 aromatic carbocycles. The maximum Gasteiger partial charge on any atom is 0.234 e. The summed E-state index contributed by atoms with van der Waals surface area (Å²) in [7, 11) is 0. The van der Waals surface area contributed by atoms with Gasteiger partial charge in [-0.15, -0.1) is 0 Å². The van der Waals surface area contributed by atoms with Crippen molar-refractivity contribution >= 4 is 11.6 Å². The molecule has 1 aromatic rings. The molecule has 0 spiro atoms. The van der Waals surface area contributed by atoms with Gasteiger partial charge in [0.25, 0.3) is 0 Å². The highest BCUT2D eigenvalue weighted by atomic mass is 35.5. The zero-order chi connectivity index (χ0) is 9.84. The topological polar surface area (TPSA) is 22.1 Å². The minimum atomic E-state index is -0.692. The monoisotopic (exact) mass is 203 g/mol. The second-order valence-electron chi connectivity index (χ2n) is 3.13. The molecule has 0 fully saturated rings. The minimum absolute atomic E-state index is 0.0110. The number of hydrogen-bond acceptors (Lipinski definition) is 2. The van der Waals surface area contributed by atoms with E-state index >= 15 is 0 Å². The molecule has 0 bridgehead atoms. The van der Waals surface area contributed by atoms with E-state index in [0.29, 0.717) is 12.5 Å². The first kappa shape index (κ1) is 10.3. The molecule has 13 heavy (non-hydrogen) atoms. The molecule has 0 aliphatic carbocycles. The number of halogens is 2. The van der Waals surface area contributed by atoms with Crippen LogP contribution >= 0.6 is 11.6 Å². The Balaban J connectivity index is 2.63. The van der Waals surface area contributed by atoms with E-state index in [-0.39, 0.29) is 10.9 Å². The van der Waals surface area contributed by atoms with E-state index in [0.717, 1.165) is 0 Å². The normalized spacial score (nSPS) is 10.5. The van der Waals surface area contributed by atoms with Gasteiger partial charge in [0.05, 0.1) is 11.6 Å². The van der Waals surface area contributed by atoms with Crippen molar-refractivity contribution in [3.05, 3.63) is 23.1 Å². The van der Waals surface area contributed by atoms with Crippen molar-refractivity contribution in [3.63, 3.8) is 0 Å². The van der Waals surface area contributed by atoms with Crippen molar-refractivity contribution in [3.8, 4) is 5.88 Å². The van der Waals surface area contributed by atoms with Gasteiger partial charge in [-0.05, 0) is 12.0 Å². The molecular formula is C9H11ClFNO. The first-order valence-corrected chi connectivity index (χ1v) is 4.42. The number of aromatic nitrogens is 1. The Bertz CT molecular complexity index is 291. The molecule has 1 aromatic heterocycles. The summed E-state index contributed by atoms with van der Waals surface area (Å²) in [5, 5.41) is 0.0110. The molecule has 0 saturated heterocycles. The van der Waals surface area contributed by atoms with E-state index < -0.39 is 5.95 Å². The van der Waals surface area contributed by atoms with Gasteiger partial charge in [-0.25, -0.2) is 0 Å². The van der Waals surface area contributed by atoms with Crippen LogP contribution in [0.25, 0.3) is 0 Å². The molecule has 0 aliphatic rings.